The number of halogens is 1. The van der Waals surface area contributed by atoms with Crippen LogP contribution in [-0.4, -0.2) is 27.2 Å². The topological polar surface area (TPSA) is 72.4 Å². The SMILES string of the molecule is C[C@]1(F)CCC[C@H]1Nc1c(C(N)=O)cnn2cc(-c3ccccc3-c3ccccc3)cc12. The van der Waals surface area contributed by atoms with Crippen molar-refractivity contribution < 1.29 is 9.18 Å². The number of anilines is 1. The zero-order chi connectivity index (χ0) is 22.3. The summed E-state index contributed by atoms with van der Waals surface area (Å²) in [4.78, 5) is 12.2. The molecule has 6 heteroatoms. The number of nitrogens with zero attached hydrogens (tertiary/aromatic N) is 2. The van der Waals surface area contributed by atoms with Crippen molar-refractivity contribution >= 4 is 17.1 Å². The third-order valence-electron chi connectivity index (χ3n) is 6.43. The van der Waals surface area contributed by atoms with Gasteiger partial charge in [-0.3, -0.25) is 4.79 Å². The van der Waals surface area contributed by atoms with E-state index in [-0.39, 0.29) is 11.6 Å². The summed E-state index contributed by atoms with van der Waals surface area (Å²) in [6, 6.07) is 19.9. The van der Waals surface area contributed by atoms with Crippen molar-refractivity contribution in [1.82, 2.24) is 9.61 Å². The number of aromatic nitrogens is 2. The van der Waals surface area contributed by atoms with Gasteiger partial charge < -0.3 is 11.1 Å². The second-order valence-corrected chi connectivity index (χ2v) is 8.63. The Kier molecular flexibility index (Phi) is 4.93. The molecule has 5 nitrogen and oxygen atoms in total. The summed E-state index contributed by atoms with van der Waals surface area (Å²) in [6.45, 7) is 1.61. The zero-order valence-corrected chi connectivity index (χ0v) is 17.9. The van der Waals surface area contributed by atoms with E-state index in [2.05, 4.69) is 34.7 Å². The number of carbonyl (C=O) groups excluding carboxylic acids is 1. The largest absolute Gasteiger partial charge is 0.377 e. The average Bonchev–Trinajstić information content (AvgIpc) is 3.37. The molecule has 2 aromatic carbocycles. The lowest BCUT2D eigenvalue weighted by Crippen LogP contribution is -2.36. The van der Waals surface area contributed by atoms with Gasteiger partial charge in [0, 0.05) is 11.8 Å². The molecule has 2 heterocycles. The minimum atomic E-state index is -1.34. The number of alkyl halides is 1. The van der Waals surface area contributed by atoms with E-state index in [0.717, 1.165) is 28.7 Å². The number of primary amides is 1. The van der Waals surface area contributed by atoms with Crippen LogP contribution in [0.1, 0.15) is 36.5 Å². The molecule has 1 aliphatic carbocycles. The zero-order valence-electron chi connectivity index (χ0n) is 17.9. The van der Waals surface area contributed by atoms with E-state index in [1.807, 2.05) is 42.6 Å². The van der Waals surface area contributed by atoms with Crippen molar-refractivity contribution in [3.8, 4) is 22.3 Å². The number of nitrogens with two attached hydrogens (primary N) is 1. The van der Waals surface area contributed by atoms with Crippen LogP contribution in [0.15, 0.2) is 73.1 Å². The summed E-state index contributed by atoms with van der Waals surface area (Å²) >= 11 is 0. The molecule has 0 bridgehead atoms. The van der Waals surface area contributed by atoms with E-state index in [9.17, 15) is 4.79 Å². The number of rotatable bonds is 5. The molecule has 32 heavy (non-hydrogen) atoms. The first kappa shape index (κ1) is 20.2. The first-order chi connectivity index (χ1) is 15.4. The number of benzene rings is 2. The van der Waals surface area contributed by atoms with Crippen molar-refractivity contribution in [3.63, 3.8) is 0 Å². The molecule has 1 amide bonds. The van der Waals surface area contributed by atoms with E-state index in [4.69, 9.17) is 5.73 Å². The monoisotopic (exact) mass is 428 g/mol. The third-order valence-corrected chi connectivity index (χ3v) is 6.43. The van der Waals surface area contributed by atoms with Gasteiger partial charge in [-0.25, -0.2) is 8.91 Å². The second-order valence-electron chi connectivity index (χ2n) is 8.63. The van der Waals surface area contributed by atoms with Gasteiger partial charge in [0.2, 0.25) is 0 Å². The highest BCUT2D eigenvalue weighted by Crippen LogP contribution is 2.38. The lowest BCUT2D eigenvalue weighted by atomic mass is 9.96. The minimum Gasteiger partial charge on any atom is -0.377 e. The van der Waals surface area contributed by atoms with Crippen LogP contribution in [0.2, 0.25) is 0 Å². The number of hydrogen-bond donors (Lipinski definition) is 2. The van der Waals surface area contributed by atoms with Gasteiger partial charge in [-0.1, -0.05) is 54.6 Å². The van der Waals surface area contributed by atoms with Crippen LogP contribution in [-0.2, 0) is 0 Å². The fraction of sp³-hybridized carbons (Fsp3) is 0.231. The molecule has 162 valence electrons. The molecule has 2 aromatic heterocycles. The molecule has 0 spiro atoms. The molecule has 1 fully saturated rings. The quantitative estimate of drug-likeness (QED) is 0.443. The Morgan fingerprint density at radius 2 is 1.81 bits per heavy atom. The van der Waals surface area contributed by atoms with Gasteiger partial charge in [0.05, 0.1) is 29.0 Å². The Morgan fingerprint density at radius 1 is 1.12 bits per heavy atom. The third kappa shape index (κ3) is 3.51. The fourth-order valence-corrected chi connectivity index (χ4v) is 4.67. The summed E-state index contributed by atoms with van der Waals surface area (Å²) in [5.41, 5.74) is 10.0. The van der Waals surface area contributed by atoms with Gasteiger partial charge in [0.1, 0.15) is 5.67 Å². The molecule has 2 atom stereocenters. The van der Waals surface area contributed by atoms with Crippen LogP contribution >= 0.6 is 0 Å². The van der Waals surface area contributed by atoms with Gasteiger partial charge in [-0.15, -0.1) is 0 Å². The van der Waals surface area contributed by atoms with Crippen LogP contribution in [0.5, 0.6) is 0 Å². The predicted octanol–water partition coefficient (Wildman–Crippen LogP) is 5.46. The predicted molar refractivity (Wildman–Crippen MR) is 125 cm³/mol. The molecule has 0 saturated heterocycles. The van der Waals surface area contributed by atoms with E-state index in [1.54, 1.807) is 11.4 Å². The molecule has 0 unspecified atom stereocenters. The van der Waals surface area contributed by atoms with E-state index in [0.29, 0.717) is 24.0 Å². The molecule has 5 rings (SSSR count). The number of carbonyl (C=O) groups is 1. The number of hydrogen-bond acceptors (Lipinski definition) is 3. The first-order valence-corrected chi connectivity index (χ1v) is 10.9. The summed E-state index contributed by atoms with van der Waals surface area (Å²) in [7, 11) is 0. The van der Waals surface area contributed by atoms with Crippen LogP contribution in [0, 0.1) is 0 Å². The minimum absolute atomic E-state index is 0.265. The van der Waals surface area contributed by atoms with Gasteiger partial charge >= 0.3 is 0 Å². The highest BCUT2D eigenvalue weighted by atomic mass is 19.1. The van der Waals surface area contributed by atoms with E-state index < -0.39 is 11.6 Å². The lowest BCUT2D eigenvalue weighted by molar-refractivity contribution is 0.1000. The van der Waals surface area contributed by atoms with Gasteiger partial charge in [0.15, 0.2) is 0 Å². The Labute approximate surface area is 186 Å². The van der Waals surface area contributed by atoms with Crippen LogP contribution in [0.3, 0.4) is 0 Å². The van der Waals surface area contributed by atoms with Crippen LogP contribution < -0.4 is 11.1 Å². The van der Waals surface area contributed by atoms with Crippen molar-refractivity contribution in [1.29, 1.82) is 0 Å². The Bertz CT molecular complexity index is 1300. The number of fused-ring (bicyclic) bond motifs is 1. The molecule has 1 saturated carbocycles. The molecule has 1 aliphatic rings. The van der Waals surface area contributed by atoms with Crippen molar-refractivity contribution in [2.24, 2.45) is 5.73 Å². The molecular formula is C26H25FN4O. The lowest BCUT2D eigenvalue weighted by Gasteiger charge is -2.26. The van der Waals surface area contributed by atoms with Gasteiger partial charge in [-0.05, 0) is 48.9 Å². The normalized spacial score (nSPS) is 20.5. The van der Waals surface area contributed by atoms with E-state index in [1.165, 1.54) is 6.20 Å². The van der Waals surface area contributed by atoms with Crippen molar-refractivity contribution in [3.05, 3.63) is 78.6 Å². The van der Waals surface area contributed by atoms with Crippen LogP contribution in [0.4, 0.5) is 10.1 Å². The maximum atomic E-state index is 15.0. The molecule has 0 aliphatic heterocycles. The first-order valence-electron chi connectivity index (χ1n) is 10.9. The summed E-state index contributed by atoms with van der Waals surface area (Å²) in [5, 5.41) is 7.70. The fourth-order valence-electron chi connectivity index (χ4n) is 4.67. The van der Waals surface area contributed by atoms with Crippen molar-refractivity contribution in [2.75, 3.05) is 5.32 Å². The number of nitrogens with one attached hydrogen (secondary N) is 1. The van der Waals surface area contributed by atoms with Gasteiger partial charge in [-0.2, -0.15) is 5.10 Å². The highest BCUT2D eigenvalue weighted by Gasteiger charge is 2.39. The Morgan fingerprint density at radius 3 is 2.47 bits per heavy atom. The summed E-state index contributed by atoms with van der Waals surface area (Å²) in [5.74, 6) is -0.589. The standard InChI is InChI=1S/C26H25FN4O/c1-26(27)13-7-12-23(26)30-24-21(25(28)32)15-29-31-16-18(14-22(24)31)20-11-6-5-10-19(20)17-8-3-2-4-9-17/h2-6,8-11,14-16,23,30H,7,12-13H2,1H3,(H2,28,32)/t23-,26+/m1/s1. The van der Waals surface area contributed by atoms with Crippen molar-refractivity contribution in [2.45, 2.75) is 37.9 Å². The Hall–Kier alpha value is -3.67. The van der Waals surface area contributed by atoms with Crippen LogP contribution in [0.25, 0.3) is 27.8 Å². The average molecular weight is 429 g/mol. The number of amides is 1. The Balaban J connectivity index is 1.65. The molecule has 3 N–H and O–H groups in total. The molecule has 0 radical (unpaired) electrons. The second kappa shape index (κ2) is 7.79. The summed E-state index contributed by atoms with van der Waals surface area (Å²) < 4.78 is 16.7. The highest BCUT2D eigenvalue weighted by molar-refractivity contribution is 6.02. The van der Waals surface area contributed by atoms with E-state index >= 15 is 4.39 Å². The smallest absolute Gasteiger partial charge is 0.252 e. The molecule has 4 aromatic rings. The maximum absolute atomic E-state index is 15.0. The van der Waals surface area contributed by atoms with Gasteiger partial charge in [0.25, 0.3) is 5.91 Å². The maximum Gasteiger partial charge on any atom is 0.252 e. The summed E-state index contributed by atoms with van der Waals surface area (Å²) in [6.07, 6.45) is 5.37. The molecular weight excluding hydrogens is 403 g/mol.